The number of nitrogens with one attached hydrogen (secondary N) is 3. The van der Waals surface area contributed by atoms with Crippen LogP contribution >= 0.6 is 11.8 Å². The second kappa shape index (κ2) is 14.1. The van der Waals surface area contributed by atoms with Gasteiger partial charge < -0.3 is 26.0 Å². The lowest BCUT2D eigenvalue weighted by molar-refractivity contribution is -0.140. The number of carbonyl (C=O) groups is 3. The van der Waals surface area contributed by atoms with E-state index >= 15 is 0 Å². The summed E-state index contributed by atoms with van der Waals surface area (Å²) in [4.78, 5) is 41.1. The summed E-state index contributed by atoms with van der Waals surface area (Å²) in [6, 6.07) is -1.35. The molecule has 2 rings (SSSR count). The minimum Gasteiger partial charge on any atom is -0.450 e. The van der Waals surface area contributed by atoms with Crippen LogP contribution in [0, 0.1) is 17.2 Å². The molecule has 0 aromatic heterocycles. The highest BCUT2D eigenvalue weighted by molar-refractivity contribution is 8.01. The van der Waals surface area contributed by atoms with Gasteiger partial charge in [-0.05, 0) is 70.0 Å². The Labute approximate surface area is 220 Å². The smallest absolute Gasteiger partial charge is 0.407 e. The zero-order valence-electron chi connectivity index (χ0n) is 22.7. The molecular formula is C26H47N5O4S. The zero-order chi connectivity index (χ0) is 26.9. The Morgan fingerprint density at radius 3 is 2.42 bits per heavy atom. The van der Waals surface area contributed by atoms with Crippen molar-refractivity contribution in [2.24, 2.45) is 17.6 Å². The predicted octanol–water partition coefficient (Wildman–Crippen LogP) is 3.65. The van der Waals surface area contributed by atoms with Crippen LogP contribution in [0.25, 0.3) is 0 Å². The first-order valence-corrected chi connectivity index (χ1v) is 14.4. The molecule has 2 atom stereocenters. The van der Waals surface area contributed by atoms with Gasteiger partial charge in [0, 0.05) is 23.8 Å². The van der Waals surface area contributed by atoms with Crippen LogP contribution in [0.1, 0.15) is 86.0 Å². The molecule has 9 nitrogen and oxygen atoms in total. The molecule has 0 bridgehead atoms. The van der Waals surface area contributed by atoms with Gasteiger partial charge in [0.15, 0.2) is 0 Å². The summed E-state index contributed by atoms with van der Waals surface area (Å²) < 4.78 is 4.71. The SMILES string of the molecule is CCCCOC(=O)N[C@@H](C(=O)N1CCC[C@H]1C(=O)NCC1CCC(C(=N)N)CC1)C(C)(C)SC(C)C. The number of hydrogen-bond donors (Lipinski definition) is 4. The van der Waals surface area contributed by atoms with E-state index in [0.717, 1.165) is 44.9 Å². The van der Waals surface area contributed by atoms with Crippen molar-refractivity contribution in [2.75, 3.05) is 19.7 Å². The van der Waals surface area contributed by atoms with Gasteiger partial charge >= 0.3 is 6.09 Å². The van der Waals surface area contributed by atoms with Gasteiger partial charge in [0.1, 0.15) is 12.1 Å². The summed E-state index contributed by atoms with van der Waals surface area (Å²) >= 11 is 1.62. The van der Waals surface area contributed by atoms with Crippen LogP contribution in [0.3, 0.4) is 0 Å². The number of nitrogens with zero attached hydrogens (tertiary/aromatic N) is 1. The number of unbranched alkanes of at least 4 members (excludes halogenated alkanes) is 1. The topological polar surface area (TPSA) is 138 Å². The van der Waals surface area contributed by atoms with Crippen LogP contribution in [0.15, 0.2) is 0 Å². The standard InChI is InChI=1S/C26H47N5O4S/c1-6-7-15-35-25(34)30-21(26(4,5)36-17(2)3)24(33)31-14-8-9-20(31)23(32)29-16-18-10-12-19(13-11-18)22(27)28/h17-21H,6-16H2,1-5H3,(H3,27,28)(H,29,32)(H,30,34)/t18?,19?,20-,21-/m0/s1. The van der Waals surface area contributed by atoms with Gasteiger partial charge in [-0.2, -0.15) is 11.8 Å². The number of amidine groups is 1. The molecule has 3 amide bonds. The second-order valence-corrected chi connectivity index (χ2v) is 13.2. The number of nitrogens with two attached hydrogens (primary N) is 1. The van der Waals surface area contributed by atoms with Crippen LogP contribution in [0.4, 0.5) is 4.79 Å². The molecule has 1 heterocycles. The van der Waals surface area contributed by atoms with Crippen molar-refractivity contribution in [1.82, 2.24) is 15.5 Å². The van der Waals surface area contributed by atoms with Crippen LogP contribution < -0.4 is 16.4 Å². The molecule has 36 heavy (non-hydrogen) atoms. The van der Waals surface area contributed by atoms with Gasteiger partial charge in [-0.3, -0.25) is 15.0 Å². The van der Waals surface area contributed by atoms with E-state index in [-0.39, 0.29) is 28.8 Å². The molecule has 0 aromatic rings. The lowest BCUT2D eigenvalue weighted by Crippen LogP contribution is -2.60. The van der Waals surface area contributed by atoms with Crippen LogP contribution in [0.5, 0.6) is 0 Å². The van der Waals surface area contributed by atoms with Crippen molar-refractivity contribution in [3.05, 3.63) is 0 Å². The second-order valence-electron chi connectivity index (χ2n) is 10.9. The number of hydrogen-bond acceptors (Lipinski definition) is 6. The Balaban J connectivity index is 2.04. The minimum absolute atomic E-state index is 0.131. The summed E-state index contributed by atoms with van der Waals surface area (Å²) in [5.41, 5.74) is 5.64. The van der Waals surface area contributed by atoms with E-state index in [0.29, 0.717) is 32.0 Å². The lowest BCUT2D eigenvalue weighted by atomic mass is 9.81. The molecular weight excluding hydrogens is 478 g/mol. The average Bonchev–Trinajstić information content (AvgIpc) is 3.30. The molecule has 206 valence electrons. The Hall–Kier alpha value is -1.97. The predicted molar refractivity (Wildman–Crippen MR) is 145 cm³/mol. The lowest BCUT2D eigenvalue weighted by Gasteiger charge is -2.38. The first-order valence-electron chi connectivity index (χ1n) is 13.5. The quantitative estimate of drug-likeness (QED) is 0.174. The van der Waals surface area contributed by atoms with E-state index in [2.05, 4.69) is 24.5 Å². The first-order chi connectivity index (χ1) is 17.0. The van der Waals surface area contributed by atoms with E-state index in [9.17, 15) is 14.4 Å². The Kier molecular flexibility index (Phi) is 11.8. The van der Waals surface area contributed by atoms with Gasteiger partial charge in [0.2, 0.25) is 11.8 Å². The fourth-order valence-corrected chi connectivity index (χ4v) is 6.70. The highest BCUT2D eigenvalue weighted by Crippen LogP contribution is 2.34. The number of amides is 3. The molecule has 1 aliphatic heterocycles. The summed E-state index contributed by atoms with van der Waals surface area (Å²) in [6.45, 7) is 11.4. The van der Waals surface area contributed by atoms with Gasteiger partial charge in [0.25, 0.3) is 0 Å². The van der Waals surface area contributed by atoms with Crippen molar-refractivity contribution in [3.8, 4) is 0 Å². The third-order valence-corrected chi connectivity index (χ3v) is 8.48. The number of thioether (sulfide) groups is 1. The van der Waals surface area contributed by atoms with Crippen LogP contribution in [-0.4, -0.2) is 70.4 Å². The summed E-state index contributed by atoms with van der Waals surface area (Å²) in [5.74, 6) is 0.413. The van der Waals surface area contributed by atoms with Crippen molar-refractivity contribution >= 4 is 35.5 Å². The fraction of sp³-hybridized carbons (Fsp3) is 0.846. The van der Waals surface area contributed by atoms with E-state index in [1.54, 1.807) is 16.7 Å². The number of likely N-dealkylation sites (tertiary alicyclic amines) is 1. The molecule has 0 radical (unpaired) electrons. The van der Waals surface area contributed by atoms with Crippen molar-refractivity contribution in [3.63, 3.8) is 0 Å². The fourth-order valence-electron chi connectivity index (χ4n) is 5.19. The average molecular weight is 526 g/mol. The van der Waals surface area contributed by atoms with Crippen molar-refractivity contribution < 1.29 is 19.1 Å². The Bertz CT molecular complexity index is 767. The largest absolute Gasteiger partial charge is 0.450 e. The summed E-state index contributed by atoms with van der Waals surface area (Å²) in [5, 5.41) is 13.8. The van der Waals surface area contributed by atoms with E-state index in [1.165, 1.54) is 0 Å². The maximum atomic E-state index is 13.8. The van der Waals surface area contributed by atoms with E-state index < -0.39 is 22.9 Å². The Morgan fingerprint density at radius 1 is 1.17 bits per heavy atom. The van der Waals surface area contributed by atoms with Gasteiger partial charge in [0.05, 0.1) is 12.4 Å². The van der Waals surface area contributed by atoms with Crippen LogP contribution in [0.2, 0.25) is 0 Å². The summed E-state index contributed by atoms with van der Waals surface area (Å²) in [7, 11) is 0. The molecule has 2 fully saturated rings. The van der Waals surface area contributed by atoms with Crippen molar-refractivity contribution in [2.45, 2.75) is 108 Å². The number of carbonyl (C=O) groups excluding carboxylic acids is 3. The molecule has 1 aliphatic carbocycles. The molecule has 0 spiro atoms. The highest BCUT2D eigenvalue weighted by Gasteiger charge is 2.44. The van der Waals surface area contributed by atoms with E-state index in [1.807, 2.05) is 20.8 Å². The normalized spacial score (nSPS) is 23.3. The summed E-state index contributed by atoms with van der Waals surface area (Å²) in [6.07, 6.45) is 6.07. The van der Waals surface area contributed by atoms with Gasteiger partial charge in [-0.25, -0.2) is 4.79 Å². The zero-order valence-corrected chi connectivity index (χ0v) is 23.5. The third kappa shape index (κ3) is 8.85. The molecule has 5 N–H and O–H groups in total. The monoisotopic (exact) mass is 525 g/mol. The molecule has 10 heteroatoms. The van der Waals surface area contributed by atoms with Gasteiger partial charge in [-0.15, -0.1) is 0 Å². The number of ether oxygens (including phenoxy) is 1. The third-order valence-electron chi connectivity index (χ3n) is 7.16. The molecule has 0 unspecified atom stereocenters. The number of rotatable bonds is 12. The maximum absolute atomic E-state index is 13.8. The first kappa shape index (κ1) is 30.3. The van der Waals surface area contributed by atoms with E-state index in [4.69, 9.17) is 15.9 Å². The molecule has 1 saturated heterocycles. The molecule has 1 saturated carbocycles. The van der Waals surface area contributed by atoms with Gasteiger partial charge in [-0.1, -0.05) is 27.2 Å². The minimum atomic E-state index is -0.811. The highest BCUT2D eigenvalue weighted by atomic mass is 32.2. The Morgan fingerprint density at radius 2 is 1.83 bits per heavy atom. The van der Waals surface area contributed by atoms with Crippen molar-refractivity contribution in [1.29, 1.82) is 5.41 Å². The molecule has 2 aliphatic rings. The maximum Gasteiger partial charge on any atom is 0.407 e. The molecule has 0 aromatic carbocycles. The number of alkyl carbamates (subject to hydrolysis) is 1. The van der Waals surface area contributed by atoms with Crippen LogP contribution in [-0.2, 0) is 14.3 Å².